The molecule has 4 N–H and O–H groups in total. The average molecular weight is 551 g/mol. The molecule has 2 aromatic carbocycles. The van der Waals surface area contributed by atoms with Gasteiger partial charge < -0.3 is 35.5 Å². The van der Waals surface area contributed by atoms with E-state index in [1.807, 2.05) is 31.1 Å². The molecule has 1 aliphatic heterocycles. The third-order valence-corrected chi connectivity index (χ3v) is 6.61. The molecule has 40 heavy (non-hydrogen) atoms. The number of likely N-dealkylation sites (N-methyl/N-ethyl adjacent to an activating group) is 1. The van der Waals surface area contributed by atoms with Crippen LogP contribution in [0.2, 0.25) is 0 Å². The number of fused-ring (bicyclic) bond motifs is 2. The minimum atomic E-state index is -1.36. The zero-order valence-corrected chi connectivity index (χ0v) is 22.4. The molecule has 3 heterocycles. The van der Waals surface area contributed by atoms with Crippen molar-refractivity contribution in [3.8, 4) is 5.75 Å². The number of rotatable bonds is 8. The predicted octanol–water partition coefficient (Wildman–Crippen LogP) is 3.29. The molecule has 0 aliphatic carbocycles. The zero-order valence-electron chi connectivity index (χ0n) is 22.4. The minimum absolute atomic E-state index is 0.0235. The number of primary amides is 1. The van der Waals surface area contributed by atoms with E-state index in [2.05, 4.69) is 20.6 Å². The van der Waals surface area contributed by atoms with Crippen molar-refractivity contribution in [2.75, 3.05) is 49.8 Å². The highest BCUT2D eigenvalue weighted by atomic mass is 19.2. The minimum Gasteiger partial charge on any atom is -0.495 e. The Hall–Kier alpha value is -4.78. The second-order valence-corrected chi connectivity index (χ2v) is 9.67. The van der Waals surface area contributed by atoms with Gasteiger partial charge >= 0.3 is 0 Å². The van der Waals surface area contributed by atoms with Crippen molar-refractivity contribution >= 4 is 51.7 Å². The van der Waals surface area contributed by atoms with Crippen LogP contribution in [0.25, 0.3) is 11.0 Å². The van der Waals surface area contributed by atoms with E-state index in [0.29, 0.717) is 35.4 Å². The fourth-order valence-corrected chi connectivity index (χ4v) is 4.73. The summed E-state index contributed by atoms with van der Waals surface area (Å²) in [4.78, 5) is 37.5. The first kappa shape index (κ1) is 26.8. The first-order valence-electron chi connectivity index (χ1n) is 12.4. The molecular weight excluding hydrogens is 522 g/mol. The molecule has 5 rings (SSSR count). The Morgan fingerprint density at radius 1 is 1.12 bits per heavy atom. The highest BCUT2D eigenvalue weighted by molar-refractivity contribution is 6.01. The van der Waals surface area contributed by atoms with Crippen molar-refractivity contribution < 1.29 is 23.1 Å². The maximum atomic E-state index is 14.4. The van der Waals surface area contributed by atoms with Crippen LogP contribution in [0, 0.1) is 11.6 Å². The largest absolute Gasteiger partial charge is 0.495 e. The van der Waals surface area contributed by atoms with E-state index in [0.717, 1.165) is 17.3 Å². The van der Waals surface area contributed by atoms with Crippen molar-refractivity contribution in [3.05, 3.63) is 59.3 Å². The Kier molecular flexibility index (Phi) is 6.98. The summed E-state index contributed by atoms with van der Waals surface area (Å²) in [5, 5.41) is 6.65. The van der Waals surface area contributed by atoms with Crippen LogP contribution in [-0.2, 0) is 18.3 Å². The number of carbonyl (C=O) groups is 2. The number of nitrogens with one attached hydrogen (secondary N) is 2. The smallest absolute Gasteiger partial charge is 0.253 e. The Morgan fingerprint density at radius 3 is 2.60 bits per heavy atom. The summed E-state index contributed by atoms with van der Waals surface area (Å²) >= 11 is 0. The summed E-state index contributed by atoms with van der Waals surface area (Å²) in [5.41, 5.74) is 7.46. The molecule has 13 heteroatoms. The third-order valence-electron chi connectivity index (χ3n) is 6.61. The van der Waals surface area contributed by atoms with Crippen molar-refractivity contribution in [3.63, 3.8) is 0 Å². The summed E-state index contributed by atoms with van der Waals surface area (Å²) in [7, 11) is 7.01. The van der Waals surface area contributed by atoms with Gasteiger partial charge in [0.1, 0.15) is 22.8 Å². The van der Waals surface area contributed by atoms with E-state index in [1.165, 1.54) is 6.07 Å². The number of benzene rings is 2. The Labute approximate surface area is 228 Å². The van der Waals surface area contributed by atoms with Crippen molar-refractivity contribution in [1.82, 2.24) is 19.4 Å². The van der Waals surface area contributed by atoms with E-state index < -0.39 is 23.1 Å². The molecule has 0 radical (unpaired) electrons. The second kappa shape index (κ2) is 10.4. The van der Waals surface area contributed by atoms with Crippen LogP contribution in [0.4, 0.5) is 37.6 Å². The van der Waals surface area contributed by atoms with Gasteiger partial charge in [-0.25, -0.2) is 8.78 Å². The number of hydrogen-bond donors (Lipinski definition) is 3. The normalized spacial score (nSPS) is 12.6. The molecule has 0 spiro atoms. The Balaban J connectivity index is 1.56. The first-order chi connectivity index (χ1) is 19.1. The van der Waals surface area contributed by atoms with Gasteiger partial charge in [0.2, 0.25) is 11.9 Å². The third kappa shape index (κ3) is 4.86. The molecular formula is C27H28F2N8O3. The number of aromatic nitrogens is 3. The number of hydrogen-bond acceptors (Lipinski definition) is 8. The van der Waals surface area contributed by atoms with E-state index >= 15 is 0 Å². The standard InChI is InChI=1S/C27H28F2N8O3/c1-35(2)13-21(38)37-10-7-14-11-20(40-4)18(12-19(14)37)32-27-33-25(15-8-9-36(3)26(15)34-27)31-17-6-5-16(28)23(29)22(17)24(30)39/h5-6,8-9,11-12H,7,10,13H2,1-4H3,(H2,30,39)(H2,31,32,33,34). The number of carbonyl (C=O) groups excluding carboxylic acids is 2. The maximum Gasteiger partial charge on any atom is 0.253 e. The SMILES string of the molecule is COc1cc2c(cc1Nc1nc(Nc3ccc(F)c(F)c3C(N)=O)c3ccn(C)c3n1)N(C(=O)CN(C)C)CC2. The topological polar surface area (TPSA) is 131 Å². The van der Waals surface area contributed by atoms with Gasteiger partial charge in [0.15, 0.2) is 11.6 Å². The Bertz CT molecular complexity index is 1650. The van der Waals surface area contributed by atoms with Gasteiger partial charge in [-0.05, 0) is 56.4 Å². The van der Waals surface area contributed by atoms with Gasteiger partial charge in [-0.3, -0.25) is 9.59 Å². The molecule has 2 aromatic heterocycles. The van der Waals surface area contributed by atoms with Gasteiger partial charge in [-0.2, -0.15) is 9.97 Å². The van der Waals surface area contributed by atoms with Crippen LogP contribution in [0.3, 0.4) is 0 Å². The molecule has 0 saturated heterocycles. The van der Waals surface area contributed by atoms with Crippen LogP contribution >= 0.6 is 0 Å². The molecule has 11 nitrogen and oxygen atoms in total. The maximum absolute atomic E-state index is 14.4. The molecule has 0 saturated carbocycles. The number of nitrogens with zero attached hydrogens (tertiary/aromatic N) is 5. The van der Waals surface area contributed by atoms with Crippen LogP contribution in [0.15, 0.2) is 36.5 Å². The molecule has 2 amide bonds. The van der Waals surface area contributed by atoms with Gasteiger partial charge in [-0.1, -0.05) is 0 Å². The van der Waals surface area contributed by atoms with Gasteiger partial charge in [0.25, 0.3) is 5.91 Å². The van der Waals surface area contributed by atoms with Crippen molar-refractivity contribution in [1.29, 1.82) is 0 Å². The van der Waals surface area contributed by atoms with Crippen molar-refractivity contribution in [2.45, 2.75) is 6.42 Å². The Morgan fingerprint density at radius 2 is 1.90 bits per heavy atom. The lowest BCUT2D eigenvalue weighted by Crippen LogP contribution is -2.36. The monoisotopic (exact) mass is 550 g/mol. The molecule has 208 valence electrons. The quantitative estimate of drug-likeness (QED) is 0.305. The predicted molar refractivity (Wildman–Crippen MR) is 148 cm³/mol. The lowest BCUT2D eigenvalue weighted by Gasteiger charge is -2.21. The number of anilines is 5. The van der Waals surface area contributed by atoms with Crippen LogP contribution in [-0.4, -0.2) is 65.5 Å². The fraction of sp³-hybridized carbons (Fsp3) is 0.259. The number of methoxy groups -OCH3 is 1. The number of ether oxygens (including phenoxy) is 1. The van der Waals surface area contributed by atoms with E-state index in [-0.39, 0.29) is 29.9 Å². The fourth-order valence-electron chi connectivity index (χ4n) is 4.73. The lowest BCUT2D eigenvalue weighted by molar-refractivity contribution is -0.119. The average Bonchev–Trinajstić information content (AvgIpc) is 3.48. The van der Waals surface area contributed by atoms with E-state index in [4.69, 9.17) is 10.5 Å². The van der Waals surface area contributed by atoms with Gasteiger partial charge in [0, 0.05) is 25.5 Å². The van der Waals surface area contributed by atoms with E-state index in [1.54, 1.807) is 35.9 Å². The summed E-state index contributed by atoms with van der Waals surface area (Å²) in [6.07, 6.45) is 2.46. The molecule has 1 aliphatic rings. The van der Waals surface area contributed by atoms with Crippen LogP contribution in [0.1, 0.15) is 15.9 Å². The summed E-state index contributed by atoms with van der Waals surface area (Å²) < 4.78 is 35.7. The van der Waals surface area contributed by atoms with Gasteiger partial charge in [-0.15, -0.1) is 0 Å². The molecule has 0 bridgehead atoms. The number of aryl methyl sites for hydroxylation is 1. The number of nitrogens with two attached hydrogens (primary N) is 1. The van der Waals surface area contributed by atoms with Crippen LogP contribution < -0.4 is 26.0 Å². The van der Waals surface area contributed by atoms with Crippen molar-refractivity contribution in [2.24, 2.45) is 12.8 Å². The van der Waals surface area contributed by atoms with Gasteiger partial charge in [0.05, 0.1) is 30.4 Å². The van der Waals surface area contributed by atoms with Crippen LogP contribution in [0.5, 0.6) is 5.75 Å². The number of halogens is 2. The molecule has 4 aromatic rings. The number of amides is 2. The summed E-state index contributed by atoms with van der Waals surface area (Å²) in [6.45, 7) is 0.832. The van der Waals surface area contributed by atoms with E-state index in [9.17, 15) is 18.4 Å². The summed E-state index contributed by atoms with van der Waals surface area (Å²) in [5.74, 6) is -2.80. The first-order valence-corrected chi connectivity index (χ1v) is 12.4. The second-order valence-electron chi connectivity index (χ2n) is 9.67. The molecule has 0 atom stereocenters. The zero-order chi connectivity index (χ0) is 28.7. The highest BCUT2D eigenvalue weighted by Crippen LogP contribution is 2.39. The lowest BCUT2D eigenvalue weighted by atomic mass is 10.1. The molecule has 0 unspecified atom stereocenters. The summed E-state index contributed by atoms with van der Waals surface area (Å²) in [6, 6.07) is 7.55. The molecule has 0 fully saturated rings. The highest BCUT2D eigenvalue weighted by Gasteiger charge is 2.27.